The maximum absolute atomic E-state index is 4.00. The van der Waals surface area contributed by atoms with Gasteiger partial charge in [0, 0.05) is 38.8 Å². The highest BCUT2D eigenvalue weighted by Gasteiger charge is 2.28. The molecule has 112 valence electrons. The van der Waals surface area contributed by atoms with Crippen LogP contribution < -0.4 is 0 Å². The third kappa shape index (κ3) is 2.44. The summed E-state index contributed by atoms with van der Waals surface area (Å²) in [5.41, 5.74) is 3.32. The third-order valence-corrected chi connectivity index (χ3v) is 4.08. The Morgan fingerprint density at radius 1 is 1.09 bits per heavy atom. The van der Waals surface area contributed by atoms with E-state index in [-0.39, 0.29) is 0 Å². The van der Waals surface area contributed by atoms with E-state index in [1.54, 1.807) is 0 Å². The van der Waals surface area contributed by atoms with Crippen LogP contribution in [-0.4, -0.2) is 45.3 Å². The van der Waals surface area contributed by atoms with Crippen LogP contribution >= 0.6 is 0 Å². The van der Waals surface area contributed by atoms with Crippen LogP contribution in [0.3, 0.4) is 0 Å². The molecule has 4 heterocycles. The van der Waals surface area contributed by atoms with Crippen molar-refractivity contribution in [1.82, 2.24) is 14.4 Å². The third-order valence-electron chi connectivity index (χ3n) is 4.08. The summed E-state index contributed by atoms with van der Waals surface area (Å²) in [5.74, 6) is 0. The first kappa shape index (κ1) is 14.2. The Morgan fingerprint density at radius 3 is 2.73 bits per heavy atom. The molecule has 0 fully saturated rings. The Kier molecular flexibility index (Phi) is 3.59. The molecule has 1 atom stereocenters. The fraction of sp³-hybridized carbons (Fsp3) is 0.167. The Hall–Kier alpha value is -2.75. The number of aromatic nitrogens is 1. The topological polar surface area (TPSA) is 14.4 Å². The highest BCUT2D eigenvalue weighted by Crippen LogP contribution is 2.21. The van der Waals surface area contributed by atoms with Gasteiger partial charge in [-0.3, -0.25) is 0 Å². The van der Waals surface area contributed by atoms with Gasteiger partial charge < -0.3 is 14.4 Å². The van der Waals surface area contributed by atoms with Crippen molar-refractivity contribution in [3.05, 3.63) is 73.6 Å². The lowest BCUT2D eigenvalue weighted by Gasteiger charge is -2.22. The van der Waals surface area contributed by atoms with Crippen LogP contribution in [0.2, 0.25) is 0 Å². The summed E-state index contributed by atoms with van der Waals surface area (Å²) in [6, 6.07) is 4.43. The first-order chi connectivity index (χ1) is 10.6. The summed E-state index contributed by atoms with van der Waals surface area (Å²) in [6.07, 6.45) is 16.4. The Morgan fingerprint density at radius 2 is 1.91 bits per heavy atom. The number of hydrogen-bond donors (Lipinski definition) is 0. The van der Waals surface area contributed by atoms with Crippen molar-refractivity contribution in [2.45, 2.75) is 6.04 Å². The van der Waals surface area contributed by atoms with E-state index < -0.39 is 0 Å². The van der Waals surface area contributed by atoms with Gasteiger partial charge in [0.05, 0.1) is 23.3 Å². The number of hydrogen-bond acceptors (Lipinski definition) is 2. The molecule has 4 heteroatoms. The van der Waals surface area contributed by atoms with Crippen LogP contribution in [0.1, 0.15) is 5.69 Å². The zero-order valence-electron chi connectivity index (χ0n) is 13.1. The van der Waals surface area contributed by atoms with Crippen LogP contribution in [0.15, 0.2) is 67.9 Å². The molecule has 1 aromatic rings. The summed E-state index contributed by atoms with van der Waals surface area (Å²) in [5, 5.41) is 0. The van der Waals surface area contributed by atoms with E-state index in [1.165, 1.54) is 0 Å². The molecule has 0 aromatic carbocycles. The molecule has 4 nitrogen and oxygen atoms in total. The van der Waals surface area contributed by atoms with Gasteiger partial charge in [-0.15, -0.1) is 0 Å². The van der Waals surface area contributed by atoms with Crippen molar-refractivity contribution >= 4 is 18.1 Å². The largest absolute Gasteiger partial charge is 0.348 e. The zero-order chi connectivity index (χ0) is 15.7. The number of rotatable bonds is 0. The molecule has 22 heavy (non-hydrogen) atoms. The van der Waals surface area contributed by atoms with Gasteiger partial charge in [0.2, 0.25) is 6.04 Å². The lowest BCUT2D eigenvalue weighted by atomic mass is 10.2. The SMILES string of the molecule is C=C1C2C=CC=[N+]2C=CN1C.C=C1c2cccn2C=CN1C. The quantitative estimate of drug-likeness (QED) is 0.683. The molecule has 0 bridgehead atoms. The van der Waals surface area contributed by atoms with E-state index in [0.29, 0.717) is 6.04 Å². The number of nitrogens with zero attached hydrogens (tertiary/aromatic N) is 4. The predicted molar refractivity (Wildman–Crippen MR) is 91.9 cm³/mol. The summed E-state index contributed by atoms with van der Waals surface area (Å²) < 4.78 is 4.20. The van der Waals surface area contributed by atoms with Gasteiger partial charge >= 0.3 is 0 Å². The number of allylic oxidation sites excluding steroid dienone is 1. The first-order valence-corrected chi connectivity index (χ1v) is 7.24. The molecular formula is C18H21N4+. The van der Waals surface area contributed by atoms with E-state index in [4.69, 9.17) is 0 Å². The summed E-state index contributed by atoms with van der Waals surface area (Å²) in [4.78, 5) is 4.06. The minimum Gasteiger partial charge on any atom is -0.348 e. The highest BCUT2D eigenvalue weighted by molar-refractivity contribution is 5.69. The van der Waals surface area contributed by atoms with Crippen molar-refractivity contribution in [3.8, 4) is 0 Å². The molecule has 1 unspecified atom stereocenters. The summed E-state index contributed by atoms with van der Waals surface area (Å²) in [6.45, 7) is 7.96. The van der Waals surface area contributed by atoms with Gasteiger partial charge in [-0.2, -0.15) is 4.58 Å². The second kappa shape index (κ2) is 5.56. The average molecular weight is 293 g/mol. The van der Waals surface area contributed by atoms with Crippen LogP contribution in [0.4, 0.5) is 0 Å². The van der Waals surface area contributed by atoms with Crippen molar-refractivity contribution in [2.75, 3.05) is 14.1 Å². The normalized spacial score (nSPS) is 21.4. The van der Waals surface area contributed by atoms with Crippen LogP contribution in [0, 0.1) is 0 Å². The average Bonchev–Trinajstić information content (AvgIpc) is 3.16. The molecule has 0 spiro atoms. The molecular weight excluding hydrogens is 272 g/mol. The molecule has 1 aromatic heterocycles. The van der Waals surface area contributed by atoms with Gasteiger partial charge in [-0.05, 0) is 18.2 Å². The van der Waals surface area contributed by atoms with Crippen molar-refractivity contribution in [3.63, 3.8) is 0 Å². The molecule has 0 saturated carbocycles. The standard InChI is InChI=1S/C9H11N2.C9H10N2/c2*1-8-9-4-3-5-11(9)7-6-10(8)2/h3-7,9H,1H2,2H3;3-7H,1H2,2H3/q+1;. The summed E-state index contributed by atoms with van der Waals surface area (Å²) >= 11 is 0. The van der Waals surface area contributed by atoms with Gasteiger partial charge in [0.25, 0.3) is 0 Å². The van der Waals surface area contributed by atoms with Crippen molar-refractivity contribution in [2.24, 2.45) is 0 Å². The first-order valence-electron chi connectivity index (χ1n) is 7.24. The van der Waals surface area contributed by atoms with Crippen LogP contribution in [0.5, 0.6) is 0 Å². The number of likely N-dealkylation sites (N-methyl/N-ethyl adjacent to an activating group) is 1. The van der Waals surface area contributed by atoms with E-state index in [1.807, 2.05) is 54.8 Å². The minimum atomic E-state index is 0.352. The Labute approximate surface area is 131 Å². The monoisotopic (exact) mass is 293 g/mol. The molecule has 0 saturated heterocycles. The molecule has 0 N–H and O–H groups in total. The molecule has 3 aliphatic rings. The van der Waals surface area contributed by atoms with Gasteiger partial charge in [0.1, 0.15) is 0 Å². The fourth-order valence-corrected chi connectivity index (χ4v) is 2.56. The van der Waals surface area contributed by atoms with E-state index >= 15 is 0 Å². The van der Waals surface area contributed by atoms with Gasteiger partial charge in [0.15, 0.2) is 12.4 Å². The molecule has 4 rings (SSSR count). The Balaban J connectivity index is 0.000000131. The highest BCUT2D eigenvalue weighted by atomic mass is 15.2. The molecule has 0 aliphatic carbocycles. The van der Waals surface area contributed by atoms with Crippen molar-refractivity contribution < 1.29 is 4.58 Å². The molecule has 0 radical (unpaired) electrons. The minimum absolute atomic E-state index is 0.352. The van der Waals surface area contributed by atoms with E-state index in [9.17, 15) is 0 Å². The fourth-order valence-electron chi connectivity index (χ4n) is 2.56. The lowest BCUT2D eigenvalue weighted by molar-refractivity contribution is -0.475. The van der Waals surface area contributed by atoms with Crippen LogP contribution in [-0.2, 0) is 0 Å². The maximum Gasteiger partial charge on any atom is 0.216 e. The van der Waals surface area contributed by atoms with Gasteiger partial charge in [-0.1, -0.05) is 13.2 Å². The van der Waals surface area contributed by atoms with Gasteiger partial charge in [-0.25, -0.2) is 0 Å². The predicted octanol–water partition coefficient (Wildman–Crippen LogP) is 2.77. The smallest absolute Gasteiger partial charge is 0.216 e. The van der Waals surface area contributed by atoms with E-state index in [0.717, 1.165) is 17.1 Å². The summed E-state index contributed by atoms with van der Waals surface area (Å²) in [7, 11) is 4.01. The molecule has 3 aliphatic heterocycles. The van der Waals surface area contributed by atoms with Crippen molar-refractivity contribution in [1.29, 1.82) is 0 Å². The molecule has 0 amide bonds. The van der Waals surface area contributed by atoms with E-state index in [2.05, 4.69) is 52.9 Å². The second-order valence-electron chi connectivity index (χ2n) is 5.48. The maximum atomic E-state index is 4.00. The van der Waals surface area contributed by atoms with Crippen LogP contribution in [0.25, 0.3) is 11.9 Å². The lowest BCUT2D eigenvalue weighted by Crippen LogP contribution is -2.31. The second-order valence-corrected chi connectivity index (χ2v) is 5.48. The zero-order valence-corrected chi connectivity index (χ0v) is 13.1. The Bertz CT molecular complexity index is 730. The number of fused-ring (bicyclic) bond motifs is 2.